The summed E-state index contributed by atoms with van der Waals surface area (Å²) < 4.78 is 14.8. The van der Waals surface area contributed by atoms with E-state index >= 15 is 0 Å². The number of nitrogens with two attached hydrogens (primary N) is 1. The first-order valence-corrected chi connectivity index (χ1v) is 9.64. The minimum Gasteiger partial charge on any atom is -0.382 e. The van der Waals surface area contributed by atoms with Crippen molar-refractivity contribution in [1.29, 1.82) is 0 Å². The smallest absolute Gasteiger partial charge is 0.151 e. The van der Waals surface area contributed by atoms with E-state index in [1.807, 2.05) is 36.4 Å². The van der Waals surface area contributed by atoms with Gasteiger partial charge in [-0.25, -0.2) is 9.50 Å². The highest BCUT2D eigenvalue weighted by molar-refractivity contribution is 5.65. The average Bonchev–Trinajstić information content (AvgIpc) is 3.27. The SMILES string of the molecule is C=C[C@]1(CC)O[C@@H](c2ccc3c(N)ncnn23)C(OCc2ccccc2)[C@@H]1C. The van der Waals surface area contributed by atoms with Crippen LogP contribution in [-0.4, -0.2) is 26.3 Å². The van der Waals surface area contributed by atoms with Gasteiger partial charge in [0.2, 0.25) is 0 Å². The molecule has 28 heavy (non-hydrogen) atoms. The largest absolute Gasteiger partial charge is 0.382 e. The van der Waals surface area contributed by atoms with Crippen LogP contribution in [0.1, 0.15) is 37.6 Å². The van der Waals surface area contributed by atoms with E-state index in [-0.39, 0.29) is 18.1 Å². The lowest BCUT2D eigenvalue weighted by Crippen LogP contribution is -2.34. The van der Waals surface area contributed by atoms with Gasteiger partial charge in [0.25, 0.3) is 0 Å². The van der Waals surface area contributed by atoms with E-state index < -0.39 is 5.60 Å². The molecule has 2 aromatic heterocycles. The summed E-state index contributed by atoms with van der Waals surface area (Å²) in [4.78, 5) is 4.08. The Morgan fingerprint density at radius 3 is 2.79 bits per heavy atom. The lowest BCUT2D eigenvalue weighted by atomic mass is 9.84. The van der Waals surface area contributed by atoms with Crippen LogP contribution in [0.3, 0.4) is 0 Å². The van der Waals surface area contributed by atoms with Crippen LogP contribution in [0.5, 0.6) is 0 Å². The standard InChI is InChI=1S/C22H26N4O2/c1-4-22(5-2)15(3)19(27-13-16-9-7-6-8-10-16)20(28-22)17-11-12-18-21(23)24-14-25-26(17)18/h4,6-12,14-15,19-20H,1,5,13H2,2-3H3,(H2,23,24,25)/t15-,19?,20-,22+/m0/s1. The summed E-state index contributed by atoms with van der Waals surface area (Å²) in [7, 11) is 0. The average molecular weight is 378 g/mol. The first kappa shape index (κ1) is 18.7. The molecule has 2 N–H and O–H groups in total. The third-order valence-electron chi connectivity index (χ3n) is 5.89. The van der Waals surface area contributed by atoms with Gasteiger partial charge in [-0.15, -0.1) is 6.58 Å². The topological polar surface area (TPSA) is 74.7 Å². The molecule has 3 aromatic rings. The number of nitrogen functional groups attached to an aromatic ring is 1. The van der Waals surface area contributed by atoms with Gasteiger partial charge in [-0.1, -0.05) is 50.3 Å². The molecule has 0 amide bonds. The Labute approximate surface area is 165 Å². The van der Waals surface area contributed by atoms with Gasteiger partial charge in [0.15, 0.2) is 5.82 Å². The van der Waals surface area contributed by atoms with Crippen molar-refractivity contribution in [2.24, 2.45) is 5.92 Å². The lowest BCUT2D eigenvalue weighted by Gasteiger charge is -2.28. The van der Waals surface area contributed by atoms with E-state index in [1.165, 1.54) is 6.33 Å². The van der Waals surface area contributed by atoms with Gasteiger partial charge in [-0.05, 0) is 24.1 Å². The minimum atomic E-state index is -0.450. The molecular weight excluding hydrogens is 352 g/mol. The maximum atomic E-state index is 6.59. The van der Waals surface area contributed by atoms with E-state index in [2.05, 4.69) is 42.6 Å². The number of benzene rings is 1. The molecule has 1 unspecified atom stereocenters. The fourth-order valence-corrected chi connectivity index (χ4v) is 4.15. The maximum Gasteiger partial charge on any atom is 0.151 e. The second kappa shape index (κ2) is 7.37. The zero-order valence-corrected chi connectivity index (χ0v) is 16.3. The molecule has 4 atom stereocenters. The Kier molecular flexibility index (Phi) is 4.91. The fraction of sp³-hybridized carbons (Fsp3) is 0.364. The Bertz CT molecular complexity index is 971. The molecule has 1 fully saturated rings. The van der Waals surface area contributed by atoms with E-state index in [0.29, 0.717) is 12.4 Å². The van der Waals surface area contributed by atoms with Gasteiger partial charge in [0.05, 0.1) is 24.0 Å². The van der Waals surface area contributed by atoms with Crippen molar-refractivity contribution in [1.82, 2.24) is 14.6 Å². The molecular formula is C22H26N4O2. The van der Waals surface area contributed by atoms with Crippen LogP contribution in [0, 0.1) is 5.92 Å². The molecule has 1 saturated heterocycles. The Morgan fingerprint density at radius 1 is 1.29 bits per heavy atom. The fourth-order valence-electron chi connectivity index (χ4n) is 4.15. The van der Waals surface area contributed by atoms with Crippen molar-refractivity contribution in [3.8, 4) is 0 Å². The molecule has 6 heteroatoms. The summed E-state index contributed by atoms with van der Waals surface area (Å²) in [6.07, 6.45) is 3.76. The molecule has 0 bridgehead atoms. The molecule has 146 valence electrons. The summed E-state index contributed by atoms with van der Waals surface area (Å²) in [5.74, 6) is 0.577. The van der Waals surface area contributed by atoms with Gasteiger partial charge in [-0.3, -0.25) is 0 Å². The molecule has 0 saturated carbocycles. The zero-order chi connectivity index (χ0) is 19.7. The second-order valence-electron chi connectivity index (χ2n) is 7.30. The number of hydrogen-bond acceptors (Lipinski definition) is 5. The molecule has 0 aliphatic carbocycles. The number of rotatable bonds is 6. The van der Waals surface area contributed by atoms with E-state index in [0.717, 1.165) is 23.2 Å². The van der Waals surface area contributed by atoms with E-state index in [9.17, 15) is 0 Å². The molecule has 3 heterocycles. The normalized spacial score (nSPS) is 27.3. The van der Waals surface area contributed by atoms with Crippen molar-refractivity contribution in [3.05, 3.63) is 72.7 Å². The molecule has 4 rings (SSSR count). The van der Waals surface area contributed by atoms with Crippen molar-refractivity contribution in [2.75, 3.05) is 5.73 Å². The first-order chi connectivity index (χ1) is 13.6. The second-order valence-corrected chi connectivity index (χ2v) is 7.30. The third kappa shape index (κ3) is 2.99. The Hall–Kier alpha value is -2.70. The van der Waals surface area contributed by atoms with E-state index in [4.69, 9.17) is 15.2 Å². The maximum absolute atomic E-state index is 6.59. The summed E-state index contributed by atoms with van der Waals surface area (Å²) in [5, 5.41) is 4.39. The highest BCUT2D eigenvalue weighted by Crippen LogP contribution is 2.48. The van der Waals surface area contributed by atoms with Crippen molar-refractivity contribution in [2.45, 2.75) is 44.7 Å². The number of ether oxygens (including phenoxy) is 2. The predicted octanol–water partition coefficient (Wildman–Crippen LogP) is 3.94. The van der Waals surface area contributed by atoms with Crippen LogP contribution < -0.4 is 5.73 Å². The molecule has 1 aliphatic heterocycles. The van der Waals surface area contributed by atoms with Crippen LogP contribution in [0.25, 0.3) is 5.52 Å². The Morgan fingerprint density at radius 2 is 2.07 bits per heavy atom. The highest BCUT2D eigenvalue weighted by Gasteiger charge is 2.52. The number of anilines is 1. The van der Waals surface area contributed by atoms with Gasteiger partial charge >= 0.3 is 0 Å². The number of hydrogen-bond donors (Lipinski definition) is 1. The molecule has 1 aromatic carbocycles. The Balaban J connectivity index is 1.71. The van der Waals surface area contributed by atoms with Crippen molar-refractivity contribution in [3.63, 3.8) is 0 Å². The summed E-state index contributed by atoms with van der Waals surface area (Å²) in [6, 6.07) is 14.1. The van der Waals surface area contributed by atoms with Crippen LogP contribution in [0.15, 0.2) is 61.4 Å². The quantitative estimate of drug-likeness (QED) is 0.658. The predicted molar refractivity (Wildman–Crippen MR) is 109 cm³/mol. The molecule has 0 radical (unpaired) electrons. The third-order valence-corrected chi connectivity index (χ3v) is 5.89. The van der Waals surface area contributed by atoms with Crippen LogP contribution in [0.2, 0.25) is 0 Å². The van der Waals surface area contributed by atoms with Crippen molar-refractivity contribution >= 4 is 11.3 Å². The monoisotopic (exact) mass is 378 g/mol. The van der Waals surface area contributed by atoms with Gasteiger partial charge in [0, 0.05) is 5.92 Å². The van der Waals surface area contributed by atoms with E-state index in [1.54, 1.807) is 4.52 Å². The van der Waals surface area contributed by atoms with Crippen molar-refractivity contribution < 1.29 is 9.47 Å². The number of fused-ring (bicyclic) bond motifs is 1. The molecule has 6 nitrogen and oxygen atoms in total. The van der Waals surface area contributed by atoms with Crippen LogP contribution in [-0.2, 0) is 16.1 Å². The summed E-state index contributed by atoms with van der Waals surface area (Å²) in [5.41, 5.74) is 8.37. The van der Waals surface area contributed by atoms with Crippen LogP contribution >= 0.6 is 0 Å². The minimum absolute atomic E-state index is 0.133. The number of aromatic nitrogens is 3. The van der Waals surface area contributed by atoms with Gasteiger partial charge in [-0.2, -0.15) is 5.10 Å². The number of nitrogens with zero attached hydrogens (tertiary/aromatic N) is 3. The summed E-state index contributed by atoms with van der Waals surface area (Å²) >= 11 is 0. The first-order valence-electron chi connectivity index (χ1n) is 9.64. The zero-order valence-electron chi connectivity index (χ0n) is 16.3. The molecule has 1 aliphatic rings. The lowest BCUT2D eigenvalue weighted by molar-refractivity contribution is -0.0523. The summed E-state index contributed by atoms with van der Waals surface area (Å²) in [6.45, 7) is 8.85. The van der Waals surface area contributed by atoms with Gasteiger partial charge in [0.1, 0.15) is 17.9 Å². The van der Waals surface area contributed by atoms with Crippen LogP contribution in [0.4, 0.5) is 5.82 Å². The highest BCUT2D eigenvalue weighted by atomic mass is 16.6. The molecule has 0 spiro atoms. The van der Waals surface area contributed by atoms with Gasteiger partial charge < -0.3 is 15.2 Å².